The molecule has 8 heteroatoms. The van der Waals surface area contributed by atoms with Crippen LogP contribution in [0.15, 0.2) is 12.3 Å². The molecule has 2 aromatic heterocycles. The molecule has 1 N–H and O–H groups in total. The van der Waals surface area contributed by atoms with Gasteiger partial charge >= 0.3 is 5.97 Å². The number of aliphatic carboxylic acids is 1. The molecule has 2 aromatic rings. The first-order chi connectivity index (χ1) is 11.0. The van der Waals surface area contributed by atoms with E-state index in [4.69, 9.17) is 9.84 Å². The van der Waals surface area contributed by atoms with Gasteiger partial charge in [-0.05, 0) is 13.0 Å². The van der Waals surface area contributed by atoms with Gasteiger partial charge in [0.25, 0.3) is 5.91 Å². The summed E-state index contributed by atoms with van der Waals surface area (Å²) < 4.78 is 6.95. The fourth-order valence-electron chi connectivity index (χ4n) is 2.86. The topological polar surface area (TPSA) is 97.5 Å². The molecule has 0 saturated carbocycles. The van der Waals surface area contributed by atoms with Gasteiger partial charge in [-0.3, -0.25) is 14.3 Å². The zero-order valence-corrected chi connectivity index (χ0v) is 13.0. The number of hydrogen-bond acceptors (Lipinski definition) is 5. The third kappa shape index (κ3) is 2.89. The Labute approximate surface area is 132 Å². The van der Waals surface area contributed by atoms with Crippen molar-refractivity contribution in [2.45, 2.75) is 19.4 Å². The van der Waals surface area contributed by atoms with Crippen LogP contribution in [0, 0.1) is 6.92 Å². The molecule has 23 heavy (non-hydrogen) atoms. The number of fused-ring (bicyclic) bond motifs is 1. The molecule has 0 aliphatic carbocycles. The summed E-state index contributed by atoms with van der Waals surface area (Å²) in [6.07, 6.45) is 1.48. The second kappa shape index (κ2) is 5.96. The number of ether oxygens (including phenoxy) is 1. The molecule has 0 radical (unpaired) electrons. The Hall–Kier alpha value is -2.48. The van der Waals surface area contributed by atoms with E-state index in [1.165, 1.54) is 0 Å². The van der Waals surface area contributed by atoms with Crippen molar-refractivity contribution in [2.24, 2.45) is 7.05 Å². The number of pyridine rings is 1. The Bertz CT molecular complexity index is 770. The van der Waals surface area contributed by atoms with Gasteiger partial charge in [0.15, 0.2) is 5.65 Å². The molecule has 1 saturated heterocycles. The smallest absolute Gasteiger partial charge is 0.305 e. The summed E-state index contributed by atoms with van der Waals surface area (Å²) >= 11 is 0. The highest BCUT2D eigenvalue weighted by atomic mass is 16.5. The van der Waals surface area contributed by atoms with Crippen LogP contribution < -0.4 is 0 Å². The molecule has 0 aromatic carbocycles. The molecule has 3 heterocycles. The second-order valence-electron chi connectivity index (χ2n) is 5.64. The predicted octanol–water partition coefficient (Wildman–Crippen LogP) is 0.592. The number of carbonyl (C=O) groups excluding carboxylic acids is 1. The fourth-order valence-corrected chi connectivity index (χ4v) is 2.86. The monoisotopic (exact) mass is 318 g/mol. The summed E-state index contributed by atoms with van der Waals surface area (Å²) in [6, 6.07) is 1.26. The van der Waals surface area contributed by atoms with E-state index in [0.29, 0.717) is 35.4 Å². The van der Waals surface area contributed by atoms with E-state index in [1.807, 2.05) is 6.92 Å². The average molecular weight is 318 g/mol. The SMILES string of the molecule is Cc1cc(C(=O)N2CCOCC2CC(=O)O)c2cnn(C)c2n1. The number of aryl methyl sites for hydroxylation is 2. The molecule has 1 atom stereocenters. The number of amides is 1. The van der Waals surface area contributed by atoms with Crippen LogP contribution in [0.2, 0.25) is 0 Å². The minimum atomic E-state index is -0.948. The maximum atomic E-state index is 13.0. The van der Waals surface area contributed by atoms with Crippen molar-refractivity contribution in [3.63, 3.8) is 0 Å². The summed E-state index contributed by atoms with van der Waals surface area (Å²) in [5.41, 5.74) is 1.85. The van der Waals surface area contributed by atoms with E-state index >= 15 is 0 Å². The van der Waals surface area contributed by atoms with E-state index in [-0.39, 0.29) is 18.9 Å². The van der Waals surface area contributed by atoms with Crippen LogP contribution in [0.4, 0.5) is 0 Å². The molecule has 0 bridgehead atoms. The number of morpholine rings is 1. The number of carboxylic acids is 1. The lowest BCUT2D eigenvalue weighted by Crippen LogP contribution is -2.49. The van der Waals surface area contributed by atoms with Crippen LogP contribution >= 0.6 is 0 Å². The molecule has 1 fully saturated rings. The average Bonchev–Trinajstić information content (AvgIpc) is 2.87. The molecule has 1 aliphatic heterocycles. The highest BCUT2D eigenvalue weighted by Gasteiger charge is 2.31. The maximum absolute atomic E-state index is 13.0. The van der Waals surface area contributed by atoms with Crippen LogP contribution in [-0.4, -0.2) is 62.4 Å². The number of carbonyl (C=O) groups is 2. The highest BCUT2D eigenvalue weighted by Crippen LogP contribution is 2.22. The van der Waals surface area contributed by atoms with E-state index in [9.17, 15) is 9.59 Å². The quantitative estimate of drug-likeness (QED) is 0.889. The zero-order chi connectivity index (χ0) is 16.6. The van der Waals surface area contributed by atoms with Crippen molar-refractivity contribution < 1.29 is 19.4 Å². The van der Waals surface area contributed by atoms with Gasteiger partial charge in [0.05, 0.1) is 42.8 Å². The molecule has 1 amide bonds. The fraction of sp³-hybridized carbons (Fsp3) is 0.467. The second-order valence-corrected chi connectivity index (χ2v) is 5.64. The van der Waals surface area contributed by atoms with Gasteiger partial charge in [-0.25, -0.2) is 4.98 Å². The van der Waals surface area contributed by atoms with Gasteiger partial charge in [0.1, 0.15) is 0 Å². The normalized spacial score (nSPS) is 18.3. The number of nitrogens with zero attached hydrogens (tertiary/aromatic N) is 4. The van der Waals surface area contributed by atoms with Gasteiger partial charge in [-0.2, -0.15) is 5.10 Å². The number of carboxylic acid groups (broad SMARTS) is 1. The molecular weight excluding hydrogens is 300 g/mol. The van der Waals surface area contributed by atoms with E-state index in [0.717, 1.165) is 0 Å². The van der Waals surface area contributed by atoms with Gasteiger partial charge in [0, 0.05) is 19.3 Å². The van der Waals surface area contributed by atoms with Crippen molar-refractivity contribution >= 4 is 22.9 Å². The summed E-state index contributed by atoms with van der Waals surface area (Å²) in [5, 5.41) is 13.9. The molecular formula is C15H18N4O4. The third-order valence-electron chi connectivity index (χ3n) is 3.96. The Kier molecular flexibility index (Phi) is 3.99. The van der Waals surface area contributed by atoms with E-state index in [1.54, 1.807) is 28.9 Å². The van der Waals surface area contributed by atoms with Crippen LogP contribution in [0.25, 0.3) is 11.0 Å². The largest absolute Gasteiger partial charge is 0.481 e. The number of aromatic nitrogens is 3. The minimum Gasteiger partial charge on any atom is -0.481 e. The van der Waals surface area contributed by atoms with Gasteiger partial charge in [-0.1, -0.05) is 0 Å². The van der Waals surface area contributed by atoms with Crippen LogP contribution in [0.5, 0.6) is 0 Å². The Morgan fingerprint density at radius 3 is 3.00 bits per heavy atom. The molecule has 0 spiro atoms. The van der Waals surface area contributed by atoms with Gasteiger partial charge < -0.3 is 14.7 Å². The molecule has 8 nitrogen and oxygen atoms in total. The zero-order valence-electron chi connectivity index (χ0n) is 13.0. The Balaban J connectivity index is 2.00. The lowest BCUT2D eigenvalue weighted by atomic mass is 10.1. The summed E-state index contributed by atoms with van der Waals surface area (Å²) in [4.78, 5) is 30.0. The third-order valence-corrected chi connectivity index (χ3v) is 3.96. The van der Waals surface area contributed by atoms with Crippen molar-refractivity contribution in [3.8, 4) is 0 Å². The van der Waals surface area contributed by atoms with Crippen molar-refractivity contribution in [2.75, 3.05) is 19.8 Å². The maximum Gasteiger partial charge on any atom is 0.305 e. The first-order valence-electron chi connectivity index (χ1n) is 7.37. The van der Waals surface area contributed by atoms with Crippen molar-refractivity contribution in [1.29, 1.82) is 0 Å². The van der Waals surface area contributed by atoms with Crippen molar-refractivity contribution in [3.05, 3.63) is 23.5 Å². The summed E-state index contributed by atoms with van der Waals surface area (Å²) in [7, 11) is 1.77. The Morgan fingerprint density at radius 1 is 1.48 bits per heavy atom. The first-order valence-corrected chi connectivity index (χ1v) is 7.37. The minimum absolute atomic E-state index is 0.133. The van der Waals surface area contributed by atoms with Crippen LogP contribution in [-0.2, 0) is 16.6 Å². The van der Waals surface area contributed by atoms with Gasteiger partial charge in [-0.15, -0.1) is 0 Å². The molecule has 3 rings (SSSR count). The van der Waals surface area contributed by atoms with Crippen LogP contribution in [0.1, 0.15) is 22.5 Å². The van der Waals surface area contributed by atoms with Gasteiger partial charge in [0.2, 0.25) is 0 Å². The van der Waals surface area contributed by atoms with E-state index < -0.39 is 12.0 Å². The lowest BCUT2D eigenvalue weighted by Gasteiger charge is -2.35. The molecule has 1 aliphatic rings. The highest BCUT2D eigenvalue weighted by molar-refractivity contribution is 6.05. The molecule has 122 valence electrons. The summed E-state index contributed by atoms with van der Waals surface area (Å²) in [6.45, 7) is 2.83. The number of hydrogen-bond donors (Lipinski definition) is 1. The standard InChI is InChI=1S/C15H18N4O4/c1-9-5-11(12-7-16-18(2)14(12)17-9)15(22)19-3-4-23-8-10(19)6-13(20)21/h5,7,10H,3-4,6,8H2,1-2H3,(H,20,21). The van der Waals surface area contributed by atoms with E-state index in [2.05, 4.69) is 10.1 Å². The van der Waals surface area contributed by atoms with Crippen molar-refractivity contribution in [1.82, 2.24) is 19.7 Å². The summed E-state index contributed by atoms with van der Waals surface area (Å²) in [5.74, 6) is -1.15. The van der Waals surface area contributed by atoms with Crippen LogP contribution in [0.3, 0.4) is 0 Å². The Morgan fingerprint density at radius 2 is 2.26 bits per heavy atom. The first kappa shape index (κ1) is 15.4. The predicted molar refractivity (Wildman–Crippen MR) is 81.1 cm³/mol. The number of rotatable bonds is 3. The molecule has 1 unspecified atom stereocenters. The lowest BCUT2D eigenvalue weighted by molar-refractivity contribution is -0.139.